The normalized spacial score (nSPS) is 11.1. The van der Waals surface area contributed by atoms with Crippen molar-refractivity contribution in [3.05, 3.63) is 95.1 Å². The fourth-order valence-corrected chi connectivity index (χ4v) is 5.51. The third-order valence-corrected chi connectivity index (χ3v) is 7.88. The predicted molar refractivity (Wildman–Crippen MR) is 164 cm³/mol. The Balaban J connectivity index is 1.49. The molecule has 0 bridgehead atoms. The van der Waals surface area contributed by atoms with Crippen LogP contribution in [-0.4, -0.2) is 41.3 Å². The van der Waals surface area contributed by atoms with Crippen LogP contribution < -0.4 is 21.3 Å². The van der Waals surface area contributed by atoms with E-state index in [1.54, 1.807) is 24.5 Å². The quantitative estimate of drug-likeness (QED) is 0.0643. The third kappa shape index (κ3) is 10.6. The SMILES string of the molecule is CC#CCOc1ccc(SC(CCCCNC(=O)Cc2cccc(C(N)=O)c2CCc2ccccc2)C(=O)NO)cc1. The lowest BCUT2D eigenvalue weighted by Gasteiger charge is -2.15. The van der Waals surface area contributed by atoms with Crippen LogP contribution in [0.5, 0.6) is 5.75 Å². The second kappa shape index (κ2) is 17.5. The van der Waals surface area contributed by atoms with Gasteiger partial charge in [0.05, 0.1) is 11.7 Å². The van der Waals surface area contributed by atoms with Crippen molar-refractivity contribution < 1.29 is 24.3 Å². The first-order chi connectivity index (χ1) is 20.4. The van der Waals surface area contributed by atoms with Crippen LogP contribution in [0.25, 0.3) is 0 Å². The Hall–Kier alpha value is -4.26. The summed E-state index contributed by atoms with van der Waals surface area (Å²) in [5, 5.41) is 11.7. The van der Waals surface area contributed by atoms with E-state index in [2.05, 4.69) is 17.2 Å². The fourth-order valence-electron chi connectivity index (χ4n) is 4.44. The molecule has 42 heavy (non-hydrogen) atoms. The van der Waals surface area contributed by atoms with Crippen LogP contribution in [0, 0.1) is 11.8 Å². The number of thioether (sulfide) groups is 1. The number of carbonyl (C=O) groups excluding carboxylic acids is 3. The van der Waals surface area contributed by atoms with Crippen LogP contribution in [0.3, 0.4) is 0 Å². The number of hydrogen-bond donors (Lipinski definition) is 4. The Morgan fingerprint density at radius 3 is 2.43 bits per heavy atom. The van der Waals surface area contributed by atoms with Gasteiger partial charge in [-0.25, -0.2) is 5.48 Å². The molecule has 3 aromatic rings. The lowest BCUT2D eigenvalue weighted by atomic mass is 9.93. The van der Waals surface area contributed by atoms with E-state index in [0.717, 1.165) is 28.0 Å². The topological polar surface area (TPSA) is 131 Å². The number of nitrogens with two attached hydrogens (primary N) is 1. The van der Waals surface area contributed by atoms with Gasteiger partial charge in [-0.15, -0.1) is 17.7 Å². The average molecular weight is 588 g/mol. The van der Waals surface area contributed by atoms with Crippen molar-refractivity contribution in [2.45, 2.75) is 55.6 Å². The highest BCUT2D eigenvalue weighted by molar-refractivity contribution is 8.00. The first-order valence-electron chi connectivity index (χ1n) is 13.9. The molecule has 0 saturated carbocycles. The lowest BCUT2D eigenvalue weighted by molar-refractivity contribution is -0.128. The van der Waals surface area contributed by atoms with Gasteiger partial charge in [-0.3, -0.25) is 19.6 Å². The summed E-state index contributed by atoms with van der Waals surface area (Å²) in [5.41, 5.74) is 10.6. The Morgan fingerprint density at radius 1 is 0.976 bits per heavy atom. The van der Waals surface area contributed by atoms with Gasteiger partial charge in [-0.2, -0.15) is 0 Å². The Kier molecular flexibility index (Phi) is 13.5. The molecule has 3 rings (SSSR count). The minimum Gasteiger partial charge on any atom is -0.481 e. The number of hydroxylamine groups is 1. The lowest BCUT2D eigenvalue weighted by Crippen LogP contribution is -2.30. The van der Waals surface area contributed by atoms with Crippen molar-refractivity contribution in [3.63, 3.8) is 0 Å². The van der Waals surface area contributed by atoms with Crippen molar-refractivity contribution in [3.8, 4) is 17.6 Å². The highest BCUT2D eigenvalue weighted by atomic mass is 32.2. The smallest absolute Gasteiger partial charge is 0.256 e. The Labute approximate surface area is 251 Å². The van der Waals surface area contributed by atoms with Crippen LogP contribution in [-0.2, 0) is 28.9 Å². The van der Waals surface area contributed by atoms with Gasteiger partial charge in [0.1, 0.15) is 12.4 Å². The molecule has 0 radical (unpaired) electrons. The number of ether oxygens (including phenoxy) is 1. The summed E-state index contributed by atoms with van der Waals surface area (Å²) in [6.07, 6.45) is 3.31. The number of amides is 3. The van der Waals surface area contributed by atoms with E-state index in [4.69, 9.17) is 10.5 Å². The summed E-state index contributed by atoms with van der Waals surface area (Å²) in [4.78, 5) is 38.0. The Bertz CT molecular complexity index is 1380. The van der Waals surface area contributed by atoms with Gasteiger partial charge in [0.2, 0.25) is 11.8 Å². The molecule has 1 unspecified atom stereocenters. The number of benzene rings is 3. The van der Waals surface area contributed by atoms with Crippen LogP contribution in [0.2, 0.25) is 0 Å². The minimum atomic E-state index is -0.509. The summed E-state index contributed by atoms with van der Waals surface area (Å²) in [5.74, 6) is 5.16. The second-order valence-corrected chi connectivity index (χ2v) is 10.9. The van der Waals surface area contributed by atoms with Crippen LogP contribution >= 0.6 is 11.8 Å². The van der Waals surface area contributed by atoms with Crippen molar-refractivity contribution in [1.29, 1.82) is 0 Å². The Morgan fingerprint density at radius 2 is 1.74 bits per heavy atom. The van der Waals surface area contributed by atoms with E-state index in [1.165, 1.54) is 11.8 Å². The largest absolute Gasteiger partial charge is 0.481 e. The van der Waals surface area contributed by atoms with Crippen molar-refractivity contribution >= 4 is 29.5 Å². The standard InChI is InChI=1S/C33H37N3O5S/c1-2-3-22-41-26-16-18-27(19-17-26)42-30(33(39)36-40)14-7-8-21-35-31(37)23-25-12-9-13-29(32(34)38)28(25)20-15-24-10-5-4-6-11-24/h4-6,9-13,16-19,30,40H,7-8,14-15,20-23H2,1H3,(H2,34,38)(H,35,37)(H,36,39). The van der Waals surface area contributed by atoms with E-state index in [0.29, 0.717) is 50.1 Å². The van der Waals surface area contributed by atoms with E-state index in [-0.39, 0.29) is 12.3 Å². The van der Waals surface area contributed by atoms with E-state index in [1.807, 2.05) is 60.7 Å². The molecule has 5 N–H and O–H groups in total. The van der Waals surface area contributed by atoms with Gasteiger partial charge < -0.3 is 15.8 Å². The average Bonchev–Trinajstić information content (AvgIpc) is 3.00. The number of unbranched alkanes of at least 4 members (excludes halogenated alkanes) is 1. The maximum Gasteiger partial charge on any atom is 0.256 e. The first-order valence-corrected chi connectivity index (χ1v) is 14.7. The maximum absolute atomic E-state index is 12.8. The number of carbonyl (C=O) groups is 3. The van der Waals surface area contributed by atoms with Gasteiger partial charge >= 0.3 is 0 Å². The molecule has 1 atom stereocenters. The summed E-state index contributed by atoms with van der Waals surface area (Å²) in [6.45, 7) is 2.50. The molecule has 9 heteroatoms. The number of hydrogen-bond acceptors (Lipinski definition) is 6. The molecule has 0 aliphatic carbocycles. The first kappa shape index (κ1) is 32.3. The van der Waals surface area contributed by atoms with E-state index in [9.17, 15) is 19.6 Å². The van der Waals surface area contributed by atoms with Gasteiger partial charge in [-0.1, -0.05) is 54.8 Å². The van der Waals surface area contributed by atoms with Crippen molar-refractivity contribution in [2.24, 2.45) is 5.73 Å². The van der Waals surface area contributed by atoms with E-state index < -0.39 is 17.1 Å². The number of primary amides is 1. The maximum atomic E-state index is 12.8. The molecule has 0 aromatic heterocycles. The van der Waals surface area contributed by atoms with Crippen molar-refractivity contribution in [2.75, 3.05) is 13.2 Å². The van der Waals surface area contributed by atoms with Crippen LogP contribution in [0.1, 0.15) is 53.2 Å². The van der Waals surface area contributed by atoms with Crippen LogP contribution in [0.4, 0.5) is 0 Å². The van der Waals surface area contributed by atoms with E-state index >= 15 is 0 Å². The van der Waals surface area contributed by atoms with Gasteiger partial charge in [0.25, 0.3) is 5.91 Å². The second-order valence-electron chi connectivity index (χ2n) is 9.59. The molecule has 220 valence electrons. The molecular formula is C33H37N3O5S. The van der Waals surface area contributed by atoms with Gasteiger partial charge in [0, 0.05) is 17.0 Å². The zero-order valence-corrected chi connectivity index (χ0v) is 24.5. The number of aryl methyl sites for hydroxylation is 1. The highest BCUT2D eigenvalue weighted by Crippen LogP contribution is 2.28. The molecule has 3 aromatic carbocycles. The highest BCUT2D eigenvalue weighted by Gasteiger charge is 2.19. The molecular weight excluding hydrogens is 550 g/mol. The number of nitrogens with one attached hydrogen (secondary N) is 2. The molecule has 0 saturated heterocycles. The molecule has 0 fully saturated rings. The fraction of sp³-hybridized carbons (Fsp3) is 0.303. The summed E-state index contributed by atoms with van der Waals surface area (Å²) < 4.78 is 5.52. The van der Waals surface area contributed by atoms with Gasteiger partial charge in [-0.05, 0) is 79.6 Å². The molecule has 8 nitrogen and oxygen atoms in total. The van der Waals surface area contributed by atoms with Crippen molar-refractivity contribution in [1.82, 2.24) is 10.8 Å². The number of rotatable bonds is 16. The molecule has 0 spiro atoms. The molecule has 3 amide bonds. The van der Waals surface area contributed by atoms with Gasteiger partial charge in [0.15, 0.2) is 0 Å². The minimum absolute atomic E-state index is 0.140. The summed E-state index contributed by atoms with van der Waals surface area (Å²) >= 11 is 1.35. The van der Waals surface area contributed by atoms with Crippen LogP contribution in [0.15, 0.2) is 77.7 Å². The summed E-state index contributed by atoms with van der Waals surface area (Å²) in [6, 6.07) is 22.6. The zero-order valence-electron chi connectivity index (χ0n) is 23.7. The molecule has 0 aliphatic heterocycles. The third-order valence-electron chi connectivity index (χ3n) is 6.60. The zero-order chi connectivity index (χ0) is 30.2. The molecule has 0 heterocycles. The monoisotopic (exact) mass is 587 g/mol. The predicted octanol–water partition coefficient (Wildman–Crippen LogP) is 4.47. The summed E-state index contributed by atoms with van der Waals surface area (Å²) in [7, 11) is 0. The molecule has 0 aliphatic rings.